The third kappa shape index (κ3) is 5.40. The van der Waals surface area contributed by atoms with E-state index in [2.05, 4.69) is 4.99 Å². The molecule has 0 aliphatic rings. The summed E-state index contributed by atoms with van der Waals surface area (Å²) in [5.74, 6) is 0.0392. The van der Waals surface area contributed by atoms with Gasteiger partial charge in [0.15, 0.2) is 0 Å². The lowest BCUT2D eigenvalue weighted by atomic mass is 10.3. The zero-order valence-electron chi connectivity index (χ0n) is 5.57. The van der Waals surface area contributed by atoms with Crippen LogP contribution in [-0.2, 0) is 0 Å². The summed E-state index contributed by atoms with van der Waals surface area (Å²) in [7, 11) is 1.37. The van der Waals surface area contributed by atoms with Gasteiger partial charge in [-0.15, -0.1) is 0 Å². The predicted octanol–water partition coefficient (Wildman–Crippen LogP) is 1.32. The van der Waals surface area contributed by atoms with Crippen molar-refractivity contribution in [3.05, 3.63) is 0 Å². The Labute approximate surface area is 56.9 Å². The summed E-state index contributed by atoms with van der Waals surface area (Å²) in [6.07, 6.45) is -5.23. The van der Waals surface area contributed by atoms with E-state index in [1.165, 1.54) is 7.05 Å². The number of nitrogens with two attached hydrogens (primary N) is 1. The number of amidine groups is 1. The summed E-state index contributed by atoms with van der Waals surface area (Å²) in [5, 5.41) is 0. The Balaban J connectivity index is 3.56. The molecule has 0 saturated carbocycles. The van der Waals surface area contributed by atoms with Crippen LogP contribution in [0.3, 0.4) is 0 Å². The standard InChI is InChI=1S/C5H9F3N2/c1-10-4(9)2-3-5(6,7)8/h2-3H2,1H3,(H2,9,10). The molecule has 0 radical (unpaired) electrons. The number of nitrogens with zero attached hydrogens (tertiary/aromatic N) is 1. The van der Waals surface area contributed by atoms with Crippen LogP contribution in [0.15, 0.2) is 4.99 Å². The molecule has 0 saturated heterocycles. The molecule has 0 aliphatic heterocycles. The van der Waals surface area contributed by atoms with Crippen molar-refractivity contribution in [2.45, 2.75) is 19.0 Å². The van der Waals surface area contributed by atoms with E-state index in [4.69, 9.17) is 5.73 Å². The Kier molecular flexibility index (Phi) is 3.18. The van der Waals surface area contributed by atoms with E-state index in [1.807, 2.05) is 0 Å². The number of rotatable bonds is 2. The lowest BCUT2D eigenvalue weighted by Crippen LogP contribution is -2.16. The van der Waals surface area contributed by atoms with Crippen molar-refractivity contribution in [2.75, 3.05) is 7.05 Å². The zero-order valence-corrected chi connectivity index (χ0v) is 5.57. The SMILES string of the molecule is CN=C(N)CCC(F)(F)F. The zero-order chi connectivity index (χ0) is 8.20. The van der Waals surface area contributed by atoms with Crippen molar-refractivity contribution >= 4 is 5.84 Å². The normalized spacial score (nSPS) is 13.8. The van der Waals surface area contributed by atoms with Crippen molar-refractivity contribution in [1.82, 2.24) is 0 Å². The van der Waals surface area contributed by atoms with Crippen LogP contribution in [0.25, 0.3) is 0 Å². The third-order valence-electron chi connectivity index (χ3n) is 0.952. The van der Waals surface area contributed by atoms with Crippen LogP contribution in [-0.4, -0.2) is 19.1 Å². The molecule has 10 heavy (non-hydrogen) atoms. The van der Waals surface area contributed by atoms with Crippen LogP contribution in [0.2, 0.25) is 0 Å². The number of hydrogen-bond donors (Lipinski definition) is 1. The van der Waals surface area contributed by atoms with Gasteiger partial charge in [-0.05, 0) is 0 Å². The van der Waals surface area contributed by atoms with Gasteiger partial charge in [0.1, 0.15) is 0 Å². The highest BCUT2D eigenvalue weighted by atomic mass is 19.4. The van der Waals surface area contributed by atoms with Gasteiger partial charge in [0.25, 0.3) is 0 Å². The molecule has 0 spiro atoms. The molecular formula is C5H9F3N2. The van der Waals surface area contributed by atoms with E-state index in [1.54, 1.807) is 0 Å². The van der Waals surface area contributed by atoms with Crippen LogP contribution < -0.4 is 5.73 Å². The van der Waals surface area contributed by atoms with Gasteiger partial charge in [0.2, 0.25) is 0 Å². The number of halogens is 3. The fourth-order valence-corrected chi connectivity index (χ4v) is 0.382. The topological polar surface area (TPSA) is 38.4 Å². The van der Waals surface area contributed by atoms with E-state index in [0.29, 0.717) is 0 Å². The fourth-order valence-electron chi connectivity index (χ4n) is 0.382. The van der Waals surface area contributed by atoms with Gasteiger partial charge in [-0.3, -0.25) is 4.99 Å². The van der Waals surface area contributed by atoms with E-state index >= 15 is 0 Å². The maximum Gasteiger partial charge on any atom is 0.389 e. The minimum Gasteiger partial charge on any atom is -0.387 e. The van der Waals surface area contributed by atoms with Gasteiger partial charge in [-0.1, -0.05) is 0 Å². The van der Waals surface area contributed by atoms with Gasteiger partial charge < -0.3 is 5.73 Å². The third-order valence-corrected chi connectivity index (χ3v) is 0.952. The average molecular weight is 154 g/mol. The molecule has 0 aromatic rings. The molecule has 0 unspecified atom stereocenters. The van der Waals surface area contributed by atoms with Crippen LogP contribution in [0.1, 0.15) is 12.8 Å². The molecule has 0 fully saturated rings. The van der Waals surface area contributed by atoms with Crippen molar-refractivity contribution in [2.24, 2.45) is 10.7 Å². The van der Waals surface area contributed by atoms with Crippen molar-refractivity contribution in [3.63, 3.8) is 0 Å². The van der Waals surface area contributed by atoms with Crippen LogP contribution in [0.4, 0.5) is 13.2 Å². The first kappa shape index (κ1) is 9.26. The van der Waals surface area contributed by atoms with Gasteiger partial charge in [0, 0.05) is 13.5 Å². The Morgan fingerprint density at radius 1 is 1.50 bits per heavy atom. The van der Waals surface area contributed by atoms with Crippen molar-refractivity contribution < 1.29 is 13.2 Å². The minimum absolute atomic E-state index is 0.0392. The van der Waals surface area contributed by atoms with E-state index in [0.717, 1.165) is 0 Å². The molecule has 60 valence electrons. The van der Waals surface area contributed by atoms with Gasteiger partial charge in [-0.25, -0.2) is 0 Å². The van der Waals surface area contributed by atoms with Crippen LogP contribution in [0, 0.1) is 0 Å². The summed E-state index contributed by atoms with van der Waals surface area (Å²) in [4.78, 5) is 3.39. The highest BCUT2D eigenvalue weighted by Gasteiger charge is 2.26. The quantitative estimate of drug-likeness (QED) is 0.472. The van der Waals surface area contributed by atoms with Gasteiger partial charge in [0.05, 0.1) is 12.3 Å². The number of hydrogen-bond acceptors (Lipinski definition) is 1. The molecule has 0 aliphatic carbocycles. The Morgan fingerprint density at radius 2 is 2.00 bits per heavy atom. The molecule has 0 heterocycles. The van der Waals surface area contributed by atoms with E-state index in [9.17, 15) is 13.2 Å². The smallest absolute Gasteiger partial charge is 0.387 e. The van der Waals surface area contributed by atoms with E-state index < -0.39 is 12.6 Å². The maximum atomic E-state index is 11.4. The molecule has 0 atom stereocenters. The predicted molar refractivity (Wildman–Crippen MR) is 32.8 cm³/mol. The highest BCUT2D eigenvalue weighted by Crippen LogP contribution is 2.20. The monoisotopic (exact) mass is 154 g/mol. The molecule has 0 rings (SSSR count). The molecule has 0 amide bonds. The largest absolute Gasteiger partial charge is 0.389 e. The Bertz CT molecular complexity index is 127. The molecule has 2 N–H and O–H groups in total. The lowest BCUT2D eigenvalue weighted by Gasteiger charge is -2.03. The molecule has 0 aromatic heterocycles. The molecule has 0 aromatic carbocycles. The second kappa shape index (κ2) is 3.43. The van der Waals surface area contributed by atoms with Crippen LogP contribution >= 0.6 is 0 Å². The summed E-state index contributed by atoms with van der Waals surface area (Å²) < 4.78 is 34.3. The number of alkyl halides is 3. The number of aliphatic imine (C=N–C) groups is 1. The van der Waals surface area contributed by atoms with Crippen molar-refractivity contribution in [3.8, 4) is 0 Å². The summed E-state index contributed by atoms with van der Waals surface area (Å²) in [6.45, 7) is 0. The lowest BCUT2D eigenvalue weighted by molar-refractivity contribution is -0.132. The van der Waals surface area contributed by atoms with Crippen molar-refractivity contribution in [1.29, 1.82) is 0 Å². The summed E-state index contributed by atoms with van der Waals surface area (Å²) in [6, 6.07) is 0. The molecule has 0 bridgehead atoms. The maximum absolute atomic E-state index is 11.4. The first-order valence-corrected chi connectivity index (χ1v) is 2.73. The molecule has 5 heteroatoms. The molecule has 2 nitrogen and oxygen atoms in total. The summed E-state index contributed by atoms with van der Waals surface area (Å²) in [5.41, 5.74) is 5.03. The first-order chi connectivity index (χ1) is 4.45. The molecular weight excluding hydrogens is 145 g/mol. The second-order valence-electron chi connectivity index (χ2n) is 1.83. The minimum atomic E-state index is -4.13. The highest BCUT2D eigenvalue weighted by molar-refractivity contribution is 5.80. The Hall–Kier alpha value is -0.740. The second-order valence-corrected chi connectivity index (χ2v) is 1.83. The fraction of sp³-hybridized carbons (Fsp3) is 0.800. The van der Waals surface area contributed by atoms with Gasteiger partial charge >= 0.3 is 6.18 Å². The Morgan fingerprint density at radius 3 is 2.30 bits per heavy atom. The van der Waals surface area contributed by atoms with Gasteiger partial charge in [-0.2, -0.15) is 13.2 Å². The first-order valence-electron chi connectivity index (χ1n) is 2.73. The van der Waals surface area contributed by atoms with E-state index in [-0.39, 0.29) is 12.3 Å². The van der Waals surface area contributed by atoms with Crippen LogP contribution in [0.5, 0.6) is 0 Å². The average Bonchev–Trinajstić information content (AvgIpc) is 1.81. The summed E-state index contributed by atoms with van der Waals surface area (Å²) >= 11 is 0.